The molecule has 5 rings (SSSR count). The van der Waals surface area contributed by atoms with E-state index in [9.17, 15) is 21.9 Å². The highest BCUT2D eigenvalue weighted by molar-refractivity contribution is 7.91. The van der Waals surface area contributed by atoms with E-state index in [1.165, 1.54) is 16.4 Å². The average molecular weight is 646 g/mol. The van der Waals surface area contributed by atoms with Crippen molar-refractivity contribution in [3.63, 3.8) is 0 Å². The lowest BCUT2D eigenvalue weighted by atomic mass is 9.88. The summed E-state index contributed by atoms with van der Waals surface area (Å²) < 4.78 is 64.7. The van der Waals surface area contributed by atoms with Crippen molar-refractivity contribution in [3.05, 3.63) is 72.4 Å². The van der Waals surface area contributed by atoms with Gasteiger partial charge in [0.25, 0.3) is 0 Å². The van der Waals surface area contributed by atoms with Gasteiger partial charge in [0.2, 0.25) is 10.0 Å². The van der Waals surface area contributed by atoms with E-state index >= 15 is 0 Å². The van der Waals surface area contributed by atoms with Gasteiger partial charge >= 0.3 is 0 Å². The molecule has 1 unspecified atom stereocenters. The number of sulfonamides is 1. The Morgan fingerprint density at radius 3 is 2.57 bits per heavy atom. The van der Waals surface area contributed by atoms with Gasteiger partial charge in [-0.2, -0.15) is 4.31 Å². The second-order valence-electron chi connectivity index (χ2n) is 11.4. The number of aliphatic hydroxyl groups excluding tert-OH is 2. The predicted octanol–water partition coefficient (Wildman–Crippen LogP) is 2.16. The molecular formula is C31H39N3O8S2. The van der Waals surface area contributed by atoms with E-state index in [1.54, 1.807) is 36.5 Å². The highest BCUT2D eigenvalue weighted by Gasteiger charge is 2.44. The van der Waals surface area contributed by atoms with Gasteiger partial charge < -0.3 is 25.0 Å². The Hall–Kier alpha value is -2.91. The lowest BCUT2D eigenvalue weighted by Crippen LogP contribution is -2.47. The Kier molecular flexibility index (Phi) is 10.0. The van der Waals surface area contributed by atoms with Crippen molar-refractivity contribution in [2.45, 2.75) is 53.7 Å². The van der Waals surface area contributed by atoms with Crippen LogP contribution in [-0.2, 0) is 24.6 Å². The largest absolute Gasteiger partial charge is 0.491 e. The van der Waals surface area contributed by atoms with Crippen LogP contribution in [0.3, 0.4) is 0 Å². The third-order valence-electron chi connectivity index (χ3n) is 8.13. The fourth-order valence-electron chi connectivity index (χ4n) is 5.67. The number of hydrogen-bond acceptors (Lipinski definition) is 10. The summed E-state index contributed by atoms with van der Waals surface area (Å²) in [7, 11) is -7.29. The molecule has 0 saturated carbocycles. The molecule has 3 heterocycles. The van der Waals surface area contributed by atoms with Crippen molar-refractivity contribution < 1.29 is 36.5 Å². The van der Waals surface area contributed by atoms with Crippen molar-refractivity contribution in [1.29, 1.82) is 0 Å². The van der Waals surface area contributed by atoms with Crippen LogP contribution in [0, 0.1) is 6.92 Å². The fraction of sp³-hybridized carbons (Fsp3) is 0.452. The van der Waals surface area contributed by atoms with E-state index in [4.69, 9.17) is 14.6 Å². The maximum absolute atomic E-state index is 13.5. The van der Waals surface area contributed by atoms with Gasteiger partial charge in [0.1, 0.15) is 18.5 Å². The molecular weight excluding hydrogens is 606 g/mol. The Bertz CT molecular complexity index is 1660. The number of benzene rings is 2. The second kappa shape index (κ2) is 13.6. The summed E-state index contributed by atoms with van der Waals surface area (Å²) in [5.41, 5.74) is 2.11. The molecule has 1 spiro atoms. The number of ether oxygens (including phenoxy) is 2. The zero-order valence-corrected chi connectivity index (χ0v) is 26.3. The Morgan fingerprint density at radius 1 is 1.07 bits per heavy atom. The fourth-order valence-corrected chi connectivity index (χ4v) is 8.21. The lowest BCUT2D eigenvalue weighted by Gasteiger charge is -2.38. The van der Waals surface area contributed by atoms with Crippen LogP contribution in [0.15, 0.2) is 76.7 Å². The van der Waals surface area contributed by atoms with Crippen LogP contribution in [0.4, 0.5) is 0 Å². The maximum Gasteiger partial charge on any atom is 0.243 e. The summed E-state index contributed by atoms with van der Waals surface area (Å²) in [6, 6.07) is 16.7. The quantitative estimate of drug-likeness (QED) is 0.267. The molecule has 13 heteroatoms. The van der Waals surface area contributed by atoms with Crippen LogP contribution in [-0.4, -0.2) is 99.3 Å². The number of aryl methyl sites for hydroxylation is 1. The molecule has 1 aromatic heterocycles. The first kappa shape index (κ1) is 32.5. The maximum atomic E-state index is 13.5. The zero-order valence-electron chi connectivity index (χ0n) is 24.6. The monoisotopic (exact) mass is 645 g/mol. The second-order valence-corrected chi connectivity index (χ2v) is 15.5. The first-order chi connectivity index (χ1) is 21.0. The van der Waals surface area contributed by atoms with E-state index in [0.29, 0.717) is 44.7 Å². The van der Waals surface area contributed by atoms with Gasteiger partial charge in [0.15, 0.2) is 9.84 Å². The first-order valence-corrected chi connectivity index (χ1v) is 17.7. The Labute approximate surface area is 258 Å². The summed E-state index contributed by atoms with van der Waals surface area (Å²) >= 11 is 0. The van der Waals surface area contributed by atoms with Gasteiger partial charge in [-0.25, -0.2) is 16.8 Å². The molecule has 3 aromatic rings. The van der Waals surface area contributed by atoms with E-state index in [1.807, 2.05) is 25.1 Å². The molecule has 2 aliphatic heterocycles. The van der Waals surface area contributed by atoms with Gasteiger partial charge in [-0.1, -0.05) is 18.2 Å². The molecule has 2 aromatic carbocycles. The van der Waals surface area contributed by atoms with Crippen molar-refractivity contribution in [2.75, 3.05) is 45.2 Å². The average Bonchev–Trinajstić information content (AvgIpc) is 3.41. The van der Waals surface area contributed by atoms with Gasteiger partial charge in [-0.15, -0.1) is 0 Å². The van der Waals surface area contributed by atoms with E-state index in [2.05, 4.69) is 10.3 Å². The number of rotatable bonds is 12. The highest BCUT2D eigenvalue weighted by Crippen LogP contribution is 2.37. The van der Waals surface area contributed by atoms with Crippen molar-refractivity contribution >= 4 is 19.9 Å². The summed E-state index contributed by atoms with van der Waals surface area (Å²) in [6.45, 7) is 2.87. The third kappa shape index (κ3) is 7.65. The number of hydrogen-bond donors (Lipinski definition) is 3. The first-order valence-electron chi connectivity index (χ1n) is 14.6. The summed E-state index contributed by atoms with van der Waals surface area (Å²) in [6.07, 6.45) is 2.72. The topological polar surface area (TPSA) is 155 Å². The molecule has 0 amide bonds. The standard InChI is InChI=1S/C31H39N3O8S2/c1-23-8-11-32-30(16-23)24-4-2-7-29(17-24)44(39,40)34-12-9-31(10-13-34)19-25(21-42-31)33-20-26(36)22-41-27-5-3-6-28(18-27)43(37,38)15-14-35/h2-8,11,16-18,25-26,33,35-36H,9-10,12-15,19-22H2,1H3/t25-,26?/m1/s1. The van der Waals surface area contributed by atoms with Crippen LogP contribution in [0.25, 0.3) is 11.3 Å². The highest BCUT2D eigenvalue weighted by atomic mass is 32.2. The third-order valence-corrected chi connectivity index (χ3v) is 11.7. The van der Waals surface area contributed by atoms with E-state index in [-0.39, 0.29) is 34.7 Å². The van der Waals surface area contributed by atoms with Crippen LogP contribution in [0.2, 0.25) is 0 Å². The minimum absolute atomic E-state index is 0.00160. The van der Waals surface area contributed by atoms with Crippen LogP contribution in [0.1, 0.15) is 24.8 Å². The summed E-state index contributed by atoms with van der Waals surface area (Å²) in [5, 5.41) is 22.8. The van der Waals surface area contributed by atoms with Crippen molar-refractivity contribution in [2.24, 2.45) is 0 Å². The minimum atomic E-state index is -3.68. The number of nitrogens with zero attached hydrogens (tertiary/aromatic N) is 2. The van der Waals surface area contributed by atoms with Crippen LogP contribution in [0.5, 0.6) is 5.75 Å². The van der Waals surface area contributed by atoms with Crippen LogP contribution >= 0.6 is 0 Å². The molecule has 0 aliphatic carbocycles. The molecule has 238 valence electrons. The van der Waals surface area contributed by atoms with Gasteiger partial charge in [-0.3, -0.25) is 4.98 Å². The smallest absolute Gasteiger partial charge is 0.243 e. The summed E-state index contributed by atoms with van der Waals surface area (Å²) in [4.78, 5) is 4.69. The van der Waals surface area contributed by atoms with E-state index in [0.717, 1.165) is 16.8 Å². The summed E-state index contributed by atoms with van der Waals surface area (Å²) in [5.74, 6) is -0.0614. The molecule has 44 heavy (non-hydrogen) atoms. The predicted molar refractivity (Wildman–Crippen MR) is 165 cm³/mol. The van der Waals surface area contributed by atoms with E-state index < -0.39 is 38.2 Å². The molecule has 0 radical (unpaired) electrons. The normalized spacial score (nSPS) is 19.7. The van der Waals surface area contributed by atoms with Crippen molar-refractivity contribution in [1.82, 2.24) is 14.6 Å². The van der Waals surface area contributed by atoms with Gasteiger partial charge in [0, 0.05) is 37.4 Å². The zero-order chi connectivity index (χ0) is 31.4. The Balaban J connectivity index is 1.10. The number of pyridine rings is 1. The SMILES string of the molecule is Cc1ccnc(-c2cccc(S(=O)(=O)N3CCC4(CC3)C[C@@H](NCC(O)COc3cccc(S(=O)(=O)CCO)c3)CO4)c2)c1. The number of aromatic nitrogens is 1. The van der Waals surface area contributed by atoms with Gasteiger partial charge in [0.05, 0.1) is 40.1 Å². The Morgan fingerprint density at radius 2 is 1.82 bits per heavy atom. The number of piperidine rings is 1. The number of aliphatic hydroxyl groups is 2. The molecule has 2 fully saturated rings. The molecule has 2 atom stereocenters. The van der Waals surface area contributed by atoms with Crippen LogP contribution < -0.4 is 10.1 Å². The molecule has 3 N–H and O–H groups in total. The minimum Gasteiger partial charge on any atom is -0.491 e. The molecule has 2 saturated heterocycles. The number of nitrogens with one attached hydrogen (secondary N) is 1. The molecule has 11 nitrogen and oxygen atoms in total. The number of sulfone groups is 1. The molecule has 2 aliphatic rings. The van der Waals surface area contributed by atoms with Gasteiger partial charge in [-0.05, 0) is 74.2 Å². The van der Waals surface area contributed by atoms with Crippen molar-refractivity contribution in [3.8, 4) is 17.0 Å². The lowest BCUT2D eigenvalue weighted by molar-refractivity contribution is -0.0312. The molecule has 0 bridgehead atoms.